The minimum Gasteiger partial charge on any atom is -0.370 e. The van der Waals surface area contributed by atoms with Gasteiger partial charge in [-0.1, -0.05) is 0 Å². The normalized spacial score (nSPS) is 23.8. The quantitative estimate of drug-likeness (QED) is 0.787. The molecule has 3 rings (SSSR count). The molecule has 1 aromatic rings. The largest absolute Gasteiger partial charge is 0.370 e. The van der Waals surface area contributed by atoms with Gasteiger partial charge in [0.1, 0.15) is 5.82 Å². The highest BCUT2D eigenvalue weighted by molar-refractivity contribution is 6.52. The summed E-state index contributed by atoms with van der Waals surface area (Å²) in [5, 5.41) is 0. The molecule has 5 heteroatoms. The fourth-order valence-corrected chi connectivity index (χ4v) is 3.19. The maximum absolute atomic E-state index is 13.5. The Bertz CT molecular complexity index is 639. The van der Waals surface area contributed by atoms with E-state index in [2.05, 4.69) is 0 Å². The number of rotatable bonds is 2. The molecule has 1 atom stereocenters. The molecule has 0 N–H and O–H groups in total. The molecule has 0 saturated carbocycles. The second kappa shape index (κ2) is 4.63. The van der Waals surface area contributed by atoms with Crippen molar-refractivity contribution in [2.24, 2.45) is 0 Å². The van der Waals surface area contributed by atoms with E-state index in [9.17, 15) is 14.0 Å². The highest BCUT2D eigenvalue weighted by Crippen LogP contribution is 2.36. The molecule has 1 unspecified atom stereocenters. The van der Waals surface area contributed by atoms with E-state index >= 15 is 0 Å². The summed E-state index contributed by atoms with van der Waals surface area (Å²) in [7, 11) is 0. The van der Waals surface area contributed by atoms with Crippen LogP contribution in [0.3, 0.4) is 0 Å². The van der Waals surface area contributed by atoms with Gasteiger partial charge in [-0.15, -0.1) is 0 Å². The van der Waals surface area contributed by atoms with Crippen molar-refractivity contribution in [2.75, 3.05) is 11.4 Å². The van der Waals surface area contributed by atoms with Crippen LogP contribution in [0.15, 0.2) is 12.1 Å². The molecule has 2 aliphatic heterocycles. The Labute approximate surface area is 122 Å². The van der Waals surface area contributed by atoms with Gasteiger partial charge in [-0.25, -0.2) is 4.39 Å². The van der Waals surface area contributed by atoms with E-state index in [1.54, 1.807) is 6.92 Å². The van der Waals surface area contributed by atoms with Gasteiger partial charge in [-0.2, -0.15) is 0 Å². The number of Topliss-reactive ketones (excluding diaryl/α,β-unsaturated/α-hetero) is 1. The van der Waals surface area contributed by atoms with Crippen molar-refractivity contribution in [3.8, 4) is 0 Å². The Hall–Kier alpha value is -1.75. The molecule has 1 fully saturated rings. The number of hydrogen-bond donors (Lipinski definition) is 0. The summed E-state index contributed by atoms with van der Waals surface area (Å²) in [6.45, 7) is 6.07. The van der Waals surface area contributed by atoms with Crippen LogP contribution in [0, 0.1) is 12.7 Å². The second-order valence-corrected chi connectivity index (χ2v) is 6.40. The molecule has 21 heavy (non-hydrogen) atoms. The molecule has 112 valence electrons. The SMILES string of the molecule is Cc1cc(F)cc2c1N(CC1CCC(C)(C)O1)C(=O)C2=O. The van der Waals surface area contributed by atoms with Crippen molar-refractivity contribution < 1.29 is 18.7 Å². The third-order valence-electron chi connectivity index (χ3n) is 4.16. The number of ketones is 1. The van der Waals surface area contributed by atoms with E-state index < -0.39 is 17.5 Å². The number of amides is 1. The van der Waals surface area contributed by atoms with Crippen molar-refractivity contribution in [2.45, 2.75) is 45.3 Å². The van der Waals surface area contributed by atoms with Crippen molar-refractivity contribution >= 4 is 17.4 Å². The number of halogens is 1. The van der Waals surface area contributed by atoms with Gasteiger partial charge in [-0.05, 0) is 51.3 Å². The zero-order valence-electron chi connectivity index (χ0n) is 12.4. The maximum atomic E-state index is 13.5. The van der Waals surface area contributed by atoms with Crippen molar-refractivity contribution in [3.63, 3.8) is 0 Å². The first-order chi connectivity index (χ1) is 9.78. The predicted octanol–water partition coefficient (Wildman–Crippen LogP) is 2.62. The summed E-state index contributed by atoms with van der Waals surface area (Å²) < 4.78 is 19.3. The Balaban J connectivity index is 1.91. The number of fused-ring (bicyclic) bond motifs is 1. The topological polar surface area (TPSA) is 46.6 Å². The number of carbonyl (C=O) groups excluding carboxylic acids is 2. The second-order valence-electron chi connectivity index (χ2n) is 6.40. The van der Waals surface area contributed by atoms with E-state index in [1.165, 1.54) is 11.0 Å². The first kappa shape index (κ1) is 14.2. The monoisotopic (exact) mass is 291 g/mol. The van der Waals surface area contributed by atoms with Crippen LogP contribution in [0.25, 0.3) is 0 Å². The van der Waals surface area contributed by atoms with Crippen molar-refractivity contribution in [3.05, 3.63) is 29.1 Å². The molecular formula is C16H18FNO3. The number of hydrogen-bond acceptors (Lipinski definition) is 3. The first-order valence-electron chi connectivity index (χ1n) is 7.13. The molecule has 2 heterocycles. The summed E-state index contributed by atoms with van der Waals surface area (Å²) in [6, 6.07) is 2.49. The number of nitrogens with zero attached hydrogens (tertiary/aromatic N) is 1. The molecule has 0 aromatic heterocycles. The lowest BCUT2D eigenvalue weighted by molar-refractivity contribution is -0.114. The van der Waals surface area contributed by atoms with Gasteiger partial charge in [0.2, 0.25) is 0 Å². The van der Waals surface area contributed by atoms with Crippen LogP contribution < -0.4 is 4.90 Å². The Morgan fingerprint density at radius 3 is 2.71 bits per heavy atom. The number of anilines is 1. The van der Waals surface area contributed by atoms with Crippen LogP contribution in [0.2, 0.25) is 0 Å². The number of benzene rings is 1. The summed E-state index contributed by atoms with van der Waals surface area (Å²) >= 11 is 0. The third kappa shape index (κ3) is 2.35. The molecule has 2 aliphatic rings. The lowest BCUT2D eigenvalue weighted by Crippen LogP contribution is -2.37. The van der Waals surface area contributed by atoms with Crippen LogP contribution in [0.4, 0.5) is 10.1 Å². The van der Waals surface area contributed by atoms with Gasteiger partial charge in [0, 0.05) is 0 Å². The molecule has 4 nitrogen and oxygen atoms in total. The fraction of sp³-hybridized carbons (Fsp3) is 0.500. The lowest BCUT2D eigenvalue weighted by Gasteiger charge is -2.24. The van der Waals surface area contributed by atoms with Gasteiger partial charge in [0.15, 0.2) is 0 Å². The summed E-state index contributed by atoms with van der Waals surface area (Å²) in [4.78, 5) is 25.6. The molecule has 1 aromatic carbocycles. The summed E-state index contributed by atoms with van der Waals surface area (Å²) in [6.07, 6.45) is 1.68. The Morgan fingerprint density at radius 2 is 2.10 bits per heavy atom. The first-order valence-corrected chi connectivity index (χ1v) is 7.13. The molecule has 0 spiro atoms. The molecule has 1 saturated heterocycles. The van der Waals surface area contributed by atoms with E-state index in [-0.39, 0.29) is 17.3 Å². The number of carbonyl (C=O) groups is 2. The van der Waals surface area contributed by atoms with Crippen molar-refractivity contribution in [1.29, 1.82) is 0 Å². The smallest absolute Gasteiger partial charge is 0.299 e. The van der Waals surface area contributed by atoms with Crippen LogP contribution in [-0.2, 0) is 9.53 Å². The van der Waals surface area contributed by atoms with Gasteiger partial charge in [-0.3, -0.25) is 9.59 Å². The minimum atomic E-state index is -0.634. The van der Waals surface area contributed by atoms with E-state index in [0.717, 1.165) is 18.9 Å². The predicted molar refractivity (Wildman–Crippen MR) is 76.0 cm³/mol. The van der Waals surface area contributed by atoms with Crippen molar-refractivity contribution in [1.82, 2.24) is 0 Å². The average Bonchev–Trinajstić information content (AvgIpc) is 2.83. The van der Waals surface area contributed by atoms with Crippen LogP contribution >= 0.6 is 0 Å². The zero-order chi connectivity index (χ0) is 15.4. The van der Waals surface area contributed by atoms with Crippen LogP contribution in [0.5, 0.6) is 0 Å². The van der Waals surface area contributed by atoms with Crippen LogP contribution in [0.1, 0.15) is 42.6 Å². The maximum Gasteiger partial charge on any atom is 0.299 e. The Kier molecular flexibility index (Phi) is 3.13. The number of aryl methyl sites for hydroxylation is 1. The summed E-state index contributed by atoms with van der Waals surface area (Å²) in [5.74, 6) is -1.72. The average molecular weight is 291 g/mol. The third-order valence-corrected chi connectivity index (χ3v) is 4.16. The summed E-state index contributed by atoms with van der Waals surface area (Å²) in [5.41, 5.74) is 1.09. The van der Waals surface area contributed by atoms with Crippen LogP contribution in [-0.4, -0.2) is 29.9 Å². The molecule has 0 bridgehead atoms. The molecule has 0 aliphatic carbocycles. The van der Waals surface area contributed by atoms with Gasteiger partial charge in [0.05, 0.1) is 29.5 Å². The van der Waals surface area contributed by atoms with Gasteiger partial charge < -0.3 is 9.64 Å². The molecular weight excluding hydrogens is 273 g/mol. The lowest BCUT2D eigenvalue weighted by atomic mass is 10.1. The van der Waals surface area contributed by atoms with Gasteiger partial charge in [0.25, 0.3) is 11.7 Å². The number of ether oxygens (including phenoxy) is 1. The minimum absolute atomic E-state index is 0.0906. The highest BCUT2D eigenvalue weighted by Gasteiger charge is 2.41. The highest BCUT2D eigenvalue weighted by atomic mass is 19.1. The van der Waals surface area contributed by atoms with E-state index in [0.29, 0.717) is 17.8 Å². The zero-order valence-corrected chi connectivity index (χ0v) is 12.4. The molecule has 0 radical (unpaired) electrons. The van der Waals surface area contributed by atoms with E-state index in [1.807, 2.05) is 13.8 Å². The van der Waals surface area contributed by atoms with Gasteiger partial charge >= 0.3 is 0 Å². The Morgan fingerprint density at radius 1 is 1.38 bits per heavy atom. The van der Waals surface area contributed by atoms with E-state index in [4.69, 9.17) is 4.74 Å². The fourth-order valence-electron chi connectivity index (χ4n) is 3.19. The molecule has 1 amide bonds. The standard InChI is InChI=1S/C16H18FNO3/c1-9-6-10(17)7-12-13(9)18(15(20)14(12)19)8-11-4-5-16(2,3)21-11/h6-7,11H,4-5,8H2,1-3H3.